The third-order valence-electron chi connectivity index (χ3n) is 4.91. The molecule has 0 saturated heterocycles. The second-order valence-electron chi connectivity index (χ2n) is 6.99. The number of ether oxygens (including phenoxy) is 1. The van der Waals surface area contributed by atoms with E-state index in [1.165, 1.54) is 7.11 Å². The number of benzene rings is 1. The number of hydrogen-bond acceptors (Lipinski definition) is 4. The number of nitrogens with zero attached hydrogens (tertiary/aromatic N) is 3. The summed E-state index contributed by atoms with van der Waals surface area (Å²) in [5.74, 6) is -0.613. The van der Waals surface area contributed by atoms with Crippen LogP contribution in [0.2, 0.25) is 10.0 Å². The Kier molecular flexibility index (Phi) is 6.30. The fourth-order valence-corrected chi connectivity index (χ4v) is 3.74. The number of esters is 1. The molecule has 3 rings (SSSR count). The SMILES string of the molecule is CCN(CC(C)C(=O)OC)C(=O)c1cnn(-c2ccc(Cl)cc2Cl)c1C1CC1. The number of rotatable bonds is 7. The van der Waals surface area contributed by atoms with Crippen molar-refractivity contribution in [1.29, 1.82) is 0 Å². The van der Waals surface area contributed by atoms with Crippen molar-refractivity contribution in [1.82, 2.24) is 14.7 Å². The van der Waals surface area contributed by atoms with Crippen molar-refractivity contribution in [3.05, 3.63) is 45.7 Å². The van der Waals surface area contributed by atoms with Crippen LogP contribution in [0.15, 0.2) is 24.4 Å². The van der Waals surface area contributed by atoms with Crippen LogP contribution in [0.25, 0.3) is 5.69 Å². The summed E-state index contributed by atoms with van der Waals surface area (Å²) >= 11 is 12.4. The van der Waals surface area contributed by atoms with Gasteiger partial charge in [-0.05, 0) is 38.0 Å². The lowest BCUT2D eigenvalue weighted by molar-refractivity contribution is -0.145. The predicted molar refractivity (Wildman–Crippen MR) is 108 cm³/mol. The maximum atomic E-state index is 13.2. The van der Waals surface area contributed by atoms with Crippen LogP contribution in [0.1, 0.15) is 48.7 Å². The molecule has 0 spiro atoms. The molecule has 2 aromatic rings. The topological polar surface area (TPSA) is 64.4 Å². The Morgan fingerprint density at radius 1 is 1.36 bits per heavy atom. The Morgan fingerprint density at radius 2 is 2.07 bits per heavy atom. The lowest BCUT2D eigenvalue weighted by Crippen LogP contribution is -2.37. The monoisotopic (exact) mass is 423 g/mol. The van der Waals surface area contributed by atoms with Crippen LogP contribution in [0.3, 0.4) is 0 Å². The summed E-state index contributed by atoms with van der Waals surface area (Å²) in [6.45, 7) is 4.41. The second-order valence-corrected chi connectivity index (χ2v) is 7.84. The van der Waals surface area contributed by atoms with Crippen LogP contribution in [0, 0.1) is 5.92 Å². The molecule has 28 heavy (non-hydrogen) atoms. The molecule has 1 unspecified atom stereocenters. The molecule has 1 atom stereocenters. The van der Waals surface area contributed by atoms with E-state index in [1.54, 1.807) is 40.9 Å². The number of aromatic nitrogens is 2. The highest BCUT2D eigenvalue weighted by atomic mass is 35.5. The molecule has 0 bridgehead atoms. The van der Waals surface area contributed by atoms with Crippen molar-refractivity contribution in [2.24, 2.45) is 5.92 Å². The molecule has 1 amide bonds. The first-order valence-electron chi connectivity index (χ1n) is 9.27. The molecule has 0 radical (unpaired) electrons. The number of hydrogen-bond donors (Lipinski definition) is 0. The van der Waals surface area contributed by atoms with E-state index in [0.717, 1.165) is 18.5 Å². The highest BCUT2D eigenvalue weighted by Crippen LogP contribution is 2.43. The van der Waals surface area contributed by atoms with E-state index in [-0.39, 0.29) is 17.8 Å². The van der Waals surface area contributed by atoms with E-state index < -0.39 is 5.92 Å². The number of carbonyl (C=O) groups is 2. The van der Waals surface area contributed by atoms with Gasteiger partial charge in [-0.15, -0.1) is 0 Å². The molecule has 6 nitrogen and oxygen atoms in total. The van der Waals surface area contributed by atoms with Crippen LogP contribution in [0.4, 0.5) is 0 Å². The van der Waals surface area contributed by atoms with Gasteiger partial charge in [0, 0.05) is 24.0 Å². The molecule has 1 aromatic carbocycles. The second kappa shape index (κ2) is 8.53. The quantitative estimate of drug-likeness (QED) is 0.621. The molecule has 8 heteroatoms. The third-order valence-corrected chi connectivity index (χ3v) is 5.44. The number of methoxy groups -OCH3 is 1. The smallest absolute Gasteiger partial charge is 0.310 e. The minimum absolute atomic E-state index is 0.142. The van der Waals surface area contributed by atoms with Crippen molar-refractivity contribution in [2.75, 3.05) is 20.2 Å². The zero-order chi connectivity index (χ0) is 20.4. The van der Waals surface area contributed by atoms with Crippen molar-refractivity contribution in [3.8, 4) is 5.69 Å². The van der Waals surface area contributed by atoms with E-state index in [4.69, 9.17) is 27.9 Å². The van der Waals surface area contributed by atoms with E-state index >= 15 is 0 Å². The summed E-state index contributed by atoms with van der Waals surface area (Å²) < 4.78 is 6.52. The highest BCUT2D eigenvalue weighted by Gasteiger charge is 2.35. The van der Waals surface area contributed by atoms with Gasteiger partial charge in [0.1, 0.15) is 0 Å². The van der Waals surface area contributed by atoms with Crippen LogP contribution in [-0.4, -0.2) is 46.8 Å². The van der Waals surface area contributed by atoms with Gasteiger partial charge in [0.2, 0.25) is 0 Å². The van der Waals surface area contributed by atoms with Crippen molar-refractivity contribution in [3.63, 3.8) is 0 Å². The molecule has 1 heterocycles. The van der Waals surface area contributed by atoms with Gasteiger partial charge in [0.15, 0.2) is 0 Å². The van der Waals surface area contributed by atoms with E-state index in [0.29, 0.717) is 34.4 Å². The Bertz CT molecular complexity index is 893. The molecular formula is C20H23Cl2N3O3. The maximum Gasteiger partial charge on any atom is 0.310 e. The molecule has 0 aliphatic heterocycles. The fraction of sp³-hybridized carbons (Fsp3) is 0.450. The molecule has 1 saturated carbocycles. The lowest BCUT2D eigenvalue weighted by atomic mass is 10.1. The average Bonchev–Trinajstić information content (AvgIpc) is 3.43. The first-order valence-corrected chi connectivity index (χ1v) is 10.0. The van der Waals surface area contributed by atoms with Gasteiger partial charge in [0.25, 0.3) is 5.91 Å². The minimum atomic E-state index is -0.404. The summed E-state index contributed by atoms with van der Waals surface area (Å²) in [7, 11) is 1.35. The summed E-state index contributed by atoms with van der Waals surface area (Å²) in [5.41, 5.74) is 2.10. The van der Waals surface area contributed by atoms with Crippen LogP contribution < -0.4 is 0 Å². The lowest BCUT2D eigenvalue weighted by Gasteiger charge is -2.23. The van der Waals surface area contributed by atoms with E-state index in [9.17, 15) is 9.59 Å². The first kappa shape index (κ1) is 20.7. The Morgan fingerprint density at radius 3 is 2.64 bits per heavy atom. The van der Waals surface area contributed by atoms with Crippen molar-refractivity contribution >= 4 is 35.1 Å². The maximum absolute atomic E-state index is 13.2. The van der Waals surface area contributed by atoms with E-state index in [2.05, 4.69) is 5.10 Å². The fourth-order valence-electron chi connectivity index (χ4n) is 3.25. The van der Waals surface area contributed by atoms with Crippen molar-refractivity contribution < 1.29 is 14.3 Å². The number of amides is 1. The van der Waals surface area contributed by atoms with Gasteiger partial charge < -0.3 is 9.64 Å². The number of halogens is 2. The Labute approximate surface area is 174 Å². The first-order chi connectivity index (χ1) is 13.4. The van der Waals surface area contributed by atoms with E-state index in [1.807, 2.05) is 6.92 Å². The minimum Gasteiger partial charge on any atom is -0.469 e. The molecule has 150 valence electrons. The summed E-state index contributed by atoms with van der Waals surface area (Å²) in [4.78, 5) is 26.6. The zero-order valence-corrected chi connectivity index (χ0v) is 17.6. The third kappa shape index (κ3) is 4.18. The van der Waals surface area contributed by atoms with Crippen LogP contribution in [-0.2, 0) is 9.53 Å². The van der Waals surface area contributed by atoms with Gasteiger partial charge >= 0.3 is 5.97 Å². The van der Waals surface area contributed by atoms with Crippen molar-refractivity contribution in [2.45, 2.75) is 32.6 Å². The highest BCUT2D eigenvalue weighted by molar-refractivity contribution is 6.35. The molecule has 0 N–H and O–H groups in total. The zero-order valence-electron chi connectivity index (χ0n) is 16.1. The Balaban J connectivity index is 1.94. The summed E-state index contributed by atoms with van der Waals surface area (Å²) in [5, 5.41) is 5.47. The molecule has 1 aromatic heterocycles. The molecular weight excluding hydrogens is 401 g/mol. The summed E-state index contributed by atoms with van der Waals surface area (Å²) in [6.07, 6.45) is 3.59. The molecule has 1 fully saturated rings. The van der Waals surface area contributed by atoms with Crippen LogP contribution in [0.5, 0.6) is 0 Å². The van der Waals surface area contributed by atoms with Gasteiger partial charge in [-0.1, -0.05) is 30.1 Å². The van der Waals surface area contributed by atoms with Gasteiger partial charge in [-0.3, -0.25) is 9.59 Å². The molecule has 1 aliphatic carbocycles. The van der Waals surface area contributed by atoms with Crippen LogP contribution >= 0.6 is 23.2 Å². The largest absolute Gasteiger partial charge is 0.469 e. The normalized spacial score (nSPS) is 14.6. The van der Waals surface area contributed by atoms with Gasteiger partial charge in [-0.2, -0.15) is 5.10 Å². The number of carbonyl (C=O) groups excluding carboxylic acids is 2. The average molecular weight is 424 g/mol. The molecule has 1 aliphatic rings. The summed E-state index contributed by atoms with van der Waals surface area (Å²) in [6, 6.07) is 5.21. The Hall–Kier alpha value is -2.05. The predicted octanol–water partition coefficient (Wildman–Crippen LogP) is 4.33. The van der Waals surface area contributed by atoms with Gasteiger partial charge in [-0.25, -0.2) is 4.68 Å². The van der Waals surface area contributed by atoms with Gasteiger partial charge in [0.05, 0.1) is 41.2 Å². The standard InChI is InChI=1S/C20H23Cl2N3O3/c1-4-24(11-12(2)20(27)28-3)19(26)15-10-23-25(18(15)13-5-6-13)17-8-7-14(21)9-16(17)22/h7-10,12-13H,4-6,11H2,1-3H3.